The second-order valence-electron chi connectivity index (χ2n) is 8.40. The van der Waals surface area contributed by atoms with E-state index in [2.05, 4.69) is 13.0 Å². The molecule has 0 heterocycles. The molecule has 0 aliphatic carbocycles. The van der Waals surface area contributed by atoms with Gasteiger partial charge in [0.1, 0.15) is 5.75 Å². The summed E-state index contributed by atoms with van der Waals surface area (Å²) in [6.45, 7) is 2.28. The van der Waals surface area contributed by atoms with Gasteiger partial charge < -0.3 is 4.74 Å². The first-order valence-corrected chi connectivity index (χ1v) is 12.2. The lowest BCUT2D eigenvalue weighted by Gasteiger charge is -2.07. The first-order chi connectivity index (χ1) is 14.8. The van der Waals surface area contributed by atoms with E-state index < -0.39 is 0 Å². The largest absolute Gasteiger partial charge is 0.423 e. The Bertz CT molecular complexity index is 693. The molecule has 2 nitrogen and oxygen atoms in total. The number of carbonyl (C=O) groups is 1. The second kappa shape index (κ2) is 15.7. The number of hydrogen-bond acceptors (Lipinski definition) is 2. The normalized spacial score (nSPS) is 10.8. The zero-order valence-electron chi connectivity index (χ0n) is 18.9. The topological polar surface area (TPSA) is 26.3 Å². The summed E-state index contributed by atoms with van der Waals surface area (Å²) in [4.78, 5) is 12.3. The minimum atomic E-state index is -0.284. The number of para-hydroxylation sites is 1. The predicted octanol–water partition coefficient (Wildman–Crippen LogP) is 8.54. The molecule has 0 aliphatic rings. The van der Waals surface area contributed by atoms with Crippen LogP contribution in [0.25, 0.3) is 0 Å². The number of esters is 1. The molecule has 0 saturated heterocycles. The van der Waals surface area contributed by atoms with Crippen LogP contribution in [0.2, 0.25) is 0 Å². The lowest BCUT2D eigenvalue weighted by Crippen LogP contribution is -2.08. The molecular formula is C28H40O2. The van der Waals surface area contributed by atoms with Gasteiger partial charge in [-0.1, -0.05) is 114 Å². The number of carbonyl (C=O) groups excluding carboxylic acids is 1. The summed E-state index contributed by atoms with van der Waals surface area (Å²) in [7, 11) is 0. The van der Waals surface area contributed by atoms with Crippen molar-refractivity contribution in [2.75, 3.05) is 0 Å². The standard InChI is InChI=1S/C28H40O2/c1-2-3-4-5-6-7-8-9-10-11-12-13-15-19-25-20-18-21-26(24-25)28(29)30-27-22-16-14-17-23-27/h14,16-18,20-24H,2-13,15,19H2,1H3. The smallest absolute Gasteiger partial charge is 0.343 e. The van der Waals surface area contributed by atoms with E-state index in [1.807, 2.05) is 36.4 Å². The zero-order chi connectivity index (χ0) is 21.3. The van der Waals surface area contributed by atoms with E-state index in [0.717, 1.165) is 6.42 Å². The van der Waals surface area contributed by atoms with Gasteiger partial charge in [-0.25, -0.2) is 4.79 Å². The van der Waals surface area contributed by atoms with Gasteiger partial charge in [0.05, 0.1) is 5.56 Å². The van der Waals surface area contributed by atoms with Crippen molar-refractivity contribution in [1.82, 2.24) is 0 Å². The molecular weight excluding hydrogens is 368 g/mol. The Labute approximate surface area is 184 Å². The van der Waals surface area contributed by atoms with Crippen molar-refractivity contribution >= 4 is 5.97 Å². The van der Waals surface area contributed by atoms with E-state index >= 15 is 0 Å². The molecule has 2 rings (SSSR count). The fraction of sp³-hybridized carbons (Fsp3) is 0.536. The number of hydrogen-bond donors (Lipinski definition) is 0. The van der Waals surface area contributed by atoms with Crippen molar-refractivity contribution in [1.29, 1.82) is 0 Å². The quantitative estimate of drug-likeness (QED) is 0.158. The summed E-state index contributed by atoms with van der Waals surface area (Å²) in [6.07, 6.45) is 18.8. The fourth-order valence-corrected chi connectivity index (χ4v) is 3.86. The molecule has 0 atom stereocenters. The number of ether oxygens (including phenoxy) is 1. The molecule has 30 heavy (non-hydrogen) atoms. The SMILES string of the molecule is CCCCCCCCCCCCCCCc1cccc(C(=O)Oc2ccccc2)c1. The first kappa shape index (κ1) is 24.2. The van der Waals surface area contributed by atoms with E-state index in [4.69, 9.17) is 4.74 Å². The van der Waals surface area contributed by atoms with Crippen LogP contribution >= 0.6 is 0 Å². The molecule has 0 amide bonds. The van der Waals surface area contributed by atoms with E-state index in [1.165, 1.54) is 89.0 Å². The lowest BCUT2D eigenvalue weighted by molar-refractivity contribution is 0.0734. The van der Waals surface area contributed by atoms with E-state index in [1.54, 1.807) is 12.1 Å². The third-order valence-corrected chi connectivity index (χ3v) is 5.69. The molecule has 2 aromatic carbocycles. The molecule has 0 radical (unpaired) electrons. The summed E-state index contributed by atoms with van der Waals surface area (Å²) >= 11 is 0. The predicted molar refractivity (Wildman–Crippen MR) is 127 cm³/mol. The van der Waals surface area contributed by atoms with Crippen LogP contribution in [-0.4, -0.2) is 5.97 Å². The summed E-state index contributed by atoms with van der Waals surface area (Å²) in [5.74, 6) is 0.304. The van der Waals surface area contributed by atoms with Crippen molar-refractivity contribution in [2.24, 2.45) is 0 Å². The van der Waals surface area contributed by atoms with Gasteiger partial charge in [0.2, 0.25) is 0 Å². The minimum Gasteiger partial charge on any atom is -0.423 e. The average molecular weight is 409 g/mol. The minimum absolute atomic E-state index is 0.284. The molecule has 164 valence electrons. The Morgan fingerprint density at radius 2 is 1.23 bits per heavy atom. The third-order valence-electron chi connectivity index (χ3n) is 5.69. The molecule has 0 saturated carbocycles. The van der Waals surface area contributed by atoms with Crippen LogP contribution in [0.5, 0.6) is 5.75 Å². The maximum Gasteiger partial charge on any atom is 0.343 e. The Morgan fingerprint density at radius 1 is 0.667 bits per heavy atom. The van der Waals surface area contributed by atoms with Crippen LogP contribution in [-0.2, 0) is 6.42 Å². The van der Waals surface area contributed by atoms with Crippen LogP contribution in [0.1, 0.15) is 106 Å². The van der Waals surface area contributed by atoms with Crippen LogP contribution < -0.4 is 4.74 Å². The van der Waals surface area contributed by atoms with Crippen LogP contribution in [0.15, 0.2) is 54.6 Å². The highest BCUT2D eigenvalue weighted by Crippen LogP contribution is 2.16. The summed E-state index contributed by atoms with van der Waals surface area (Å²) < 4.78 is 5.44. The van der Waals surface area contributed by atoms with Gasteiger partial charge >= 0.3 is 5.97 Å². The van der Waals surface area contributed by atoms with Gasteiger partial charge in [0.25, 0.3) is 0 Å². The first-order valence-electron chi connectivity index (χ1n) is 12.2. The van der Waals surface area contributed by atoms with Crippen LogP contribution in [0, 0.1) is 0 Å². The number of unbranched alkanes of at least 4 members (excludes halogenated alkanes) is 12. The van der Waals surface area contributed by atoms with Gasteiger partial charge in [-0.05, 0) is 42.7 Å². The number of benzene rings is 2. The van der Waals surface area contributed by atoms with Crippen molar-refractivity contribution in [3.8, 4) is 5.75 Å². The Kier molecular flexibility index (Phi) is 12.7. The highest BCUT2D eigenvalue weighted by atomic mass is 16.5. The van der Waals surface area contributed by atoms with Gasteiger partial charge in [-0.2, -0.15) is 0 Å². The molecule has 0 aromatic heterocycles. The average Bonchev–Trinajstić information content (AvgIpc) is 2.78. The molecule has 0 unspecified atom stereocenters. The maximum atomic E-state index is 12.3. The van der Waals surface area contributed by atoms with Crippen LogP contribution in [0.4, 0.5) is 0 Å². The number of rotatable bonds is 16. The second-order valence-corrected chi connectivity index (χ2v) is 8.40. The van der Waals surface area contributed by atoms with Crippen molar-refractivity contribution in [2.45, 2.75) is 96.8 Å². The van der Waals surface area contributed by atoms with Crippen LogP contribution in [0.3, 0.4) is 0 Å². The molecule has 0 bridgehead atoms. The highest BCUT2D eigenvalue weighted by molar-refractivity contribution is 5.91. The van der Waals surface area contributed by atoms with Gasteiger partial charge in [0, 0.05) is 0 Å². The van der Waals surface area contributed by atoms with Crippen molar-refractivity contribution in [3.63, 3.8) is 0 Å². The number of aryl methyl sites for hydroxylation is 1. The van der Waals surface area contributed by atoms with E-state index in [9.17, 15) is 4.79 Å². The summed E-state index contributed by atoms with van der Waals surface area (Å²) in [6, 6.07) is 17.1. The Balaban J connectivity index is 1.52. The Morgan fingerprint density at radius 3 is 1.83 bits per heavy atom. The van der Waals surface area contributed by atoms with E-state index in [0.29, 0.717) is 11.3 Å². The molecule has 0 N–H and O–H groups in total. The van der Waals surface area contributed by atoms with Gasteiger partial charge in [-0.3, -0.25) is 0 Å². The molecule has 2 heteroatoms. The monoisotopic (exact) mass is 408 g/mol. The van der Waals surface area contributed by atoms with Gasteiger partial charge in [0.15, 0.2) is 0 Å². The fourth-order valence-electron chi connectivity index (χ4n) is 3.86. The van der Waals surface area contributed by atoms with Crippen molar-refractivity contribution in [3.05, 3.63) is 65.7 Å². The zero-order valence-corrected chi connectivity index (χ0v) is 18.9. The molecule has 0 spiro atoms. The molecule has 0 aliphatic heterocycles. The highest BCUT2D eigenvalue weighted by Gasteiger charge is 2.09. The van der Waals surface area contributed by atoms with E-state index in [-0.39, 0.29) is 5.97 Å². The maximum absolute atomic E-state index is 12.3. The van der Waals surface area contributed by atoms with Crippen molar-refractivity contribution < 1.29 is 9.53 Å². The summed E-state index contributed by atoms with van der Waals surface area (Å²) in [5.41, 5.74) is 1.85. The third kappa shape index (κ3) is 10.6. The lowest BCUT2D eigenvalue weighted by atomic mass is 10.0. The molecule has 2 aromatic rings. The van der Waals surface area contributed by atoms with Gasteiger partial charge in [-0.15, -0.1) is 0 Å². The Hall–Kier alpha value is -2.09. The molecule has 0 fully saturated rings. The summed E-state index contributed by atoms with van der Waals surface area (Å²) in [5, 5.41) is 0.